The largest absolute Gasteiger partial charge is 0.508 e. The Morgan fingerprint density at radius 2 is 1.77 bits per heavy atom. The van der Waals surface area contributed by atoms with Crippen LogP contribution < -0.4 is 0 Å². The first-order valence-corrected chi connectivity index (χ1v) is 11.6. The van der Waals surface area contributed by atoms with E-state index in [2.05, 4.69) is 6.92 Å². The molecule has 170 valence electrons. The van der Waals surface area contributed by atoms with E-state index in [-0.39, 0.29) is 21.7 Å². The molecule has 0 saturated carbocycles. The number of rotatable bonds is 7. The molecule has 0 unspecified atom stereocenters. The van der Waals surface area contributed by atoms with Gasteiger partial charge in [-0.25, -0.2) is 13.2 Å². The summed E-state index contributed by atoms with van der Waals surface area (Å²) >= 11 is 0. The van der Waals surface area contributed by atoms with E-state index in [4.69, 9.17) is 10.1 Å². The summed E-state index contributed by atoms with van der Waals surface area (Å²) in [7, 11) is -3.77. The topological polar surface area (TPSA) is 125 Å². The monoisotopic (exact) mass is 450 g/mol. The van der Waals surface area contributed by atoms with E-state index < -0.39 is 34.1 Å². The van der Waals surface area contributed by atoms with Crippen molar-refractivity contribution in [3.05, 3.63) is 40.2 Å². The van der Waals surface area contributed by atoms with Gasteiger partial charge in [0.15, 0.2) is 5.78 Å². The van der Waals surface area contributed by atoms with Crippen molar-refractivity contribution in [3.63, 3.8) is 0 Å². The van der Waals surface area contributed by atoms with Crippen molar-refractivity contribution in [2.45, 2.75) is 52.4 Å². The van der Waals surface area contributed by atoms with Gasteiger partial charge in [-0.15, -0.1) is 0 Å². The molecule has 1 aliphatic heterocycles. The lowest BCUT2D eigenvalue weighted by Crippen LogP contribution is -2.38. The fourth-order valence-electron chi connectivity index (χ4n) is 3.55. The molecule has 1 saturated heterocycles. The van der Waals surface area contributed by atoms with Crippen LogP contribution in [0.15, 0.2) is 28.4 Å². The third-order valence-electron chi connectivity index (χ3n) is 5.57. The predicted octanol–water partition coefficient (Wildman–Crippen LogP) is 3.32. The third-order valence-corrected chi connectivity index (χ3v) is 7.60. The van der Waals surface area contributed by atoms with Gasteiger partial charge in [0.05, 0.1) is 16.0 Å². The molecular formula is C22H30N2O6S. The zero-order valence-corrected chi connectivity index (χ0v) is 19.4. The maximum atomic E-state index is 13.2. The van der Waals surface area contributed by atoms with Crippen molar-refractivity contribution in [3.8, 4) is 0 Å². The number of hydrogen-bond donors (Lipinski definition) is 2. The Morgan fingerprint density at radius 1 is 1.19 bits per heavy atom. The molecule has 0 radical (unpaired) electrons. The second-order valence-corrected chi connectivity index (χ2v) is 9.99. The highest BCUT2D eigenvalue weighted by atomic mass is 32.2. The number of aryl methyl sites for hydroxylation is 1. The number of benzene rings is 1. The number of hydrogen-bond acceptors (Lipinski definition) is 7. The summed E-state index contributed by atoms with van der Waals surface area (Å²) in [6, 6.07) is 2.83. The minimum absolute atomic E-state index is 0.0378. The van der Waals surface area contributed by atoms with Crippen LogP contribution in [-0.2, 0) is 19.6 Å². The maximum Gasteiger partial charge on any atom is 0.338 e. The van der Waals surface area contributed by atoms with Gasteiger partial charge in [-0.1, -0.05) is 6.92 Å². The quantitative estimate of drug-likeness (QED) is 0.284. The first kappa shape index (κ1) is 24.7. The molecule has 0 amide bonds. The minimum atomic E-state index is -3.77. The molecular weight excluding hydrogens is 420 g/mol. The maximum absolute atomic E-state index is 13.2. The van der Waals surface area contributed by atoms with Crippen LogP contribution in [0.3, 0.4) is 0 Å². The SMILES string of the molecule is CC(=N)/C(C(C)=O)=C(/O)COC(=O)c1cc(C)c(C)c(S(=O)(=O)N2CCC(C)CC2)c1. The number of nitrogens with zero attached hydrogens (tertiary/aromatic N) is 1. The molecule has 2 rings (SSSR count). The van der Waals surface area contributed by atoms with Crippen LogP contribution >= 0.6 is 0 Å². The van der Waals surface area contributed by atoms with E-state index in [1.807, 2.05) is 0 Å². The van der Waals surface area contributed by atoms with Gasteiger partial charge in [-0.2, -0.15) is 4.31 Å². The van der Waals surface area contributed by atoms with Gasteiger partial charge in [0.25, 0.3) is 0 Å². The van der Waals surface area contributed by atoms with Crippen molar-refractivity contribution in [2.75, 3.05) is 19.7 Å². The molecule has 1 heterocycles. The third kappa shape index (κ3) is 5.59. The lowest BCUT2D eigenvalue weighted by atomic mass is 10.0. The van der Waals surface area contributed by atoms with Crippen LogP contribution in [0, 0.1) is 25.2 Å². The fourth-order valence-corrected chi connectivity index (χ4v) is 5.34. The Bertz CT molecular complexity index is 1020. The summed E-state index contributed by atoms with van der Waals surface area (Å²) in [6.45, 7) is 8.33. The Morgan fingerprint density at radius 3 is 2.29 bits per heavy atom. The van der Waals surface area contributed by atoms with Crippen molar-refractivity contribution >= 4 is 27.5 Å². The number of piperidine rings is 1. The van der Waals surface area contributed by atoms with Gasteiger partial charge in [-0.05, 0) is 69.7 Å². The van der Waals surface area contributed by atoms with Crippen LogP contribution in [0.25, 0.3) is 0 Å². The van der Waals surface area contributed by atoms with Crippen molar-refractivity contribution in [2.24, 2.45) is 5.92 Å². The number of carbonyl (C=O) groups excluding carboxylic acids is 2. The van der Waals surface area contributed by atoms with Gasteiger partial charge >= 0.3 is 5.97 Å². The number of nitrogens with one attached hydrogen (secondary N) is 1. The smallest absolute Gasteiger partial charge is 0.338 e. The van der Waals surface area contributed by atoms with E-state index in [1.165, 1.54) is 30.3 Å². The number of aliphatic hydroxyl groups excluding tert-OH is 1. The summed E-state index contributed by atoms with van der Waals surface area (Å²) in [4.78, 5) is 24.2. The molecule has 2 N–H and O–H groups in total. The molecule has 31 heavy (non-hydrogen) atoms. The number of ether oxygens (including phenoxy) is 1. The van der Waals surface area contributed by atoms with E-state index in [0.717, 1.165) is 12.8 Å². The molecule has 9 heteroatoms. The molecule has 0 aromatic heterocycles. The van der Waals surface area contributed by atoms with Gasteiger partial charge in [0, 0.05) is 18.8 Å². The number of allylic oxidation sites excluding steroid dienone is 1. The van der Waals surface area contributed by atoms with Gasteiger partial charge in [-0.3, -0.25) is 4.79 Å². The fraction of sp³-hybridized carbons (Fsp3) is 0.500. The van der Waals surface area contributed by atoms with E-state index in [1.54, 1.807) is 13.8 Å². The van der Waals surface area contributed by atoms with Crippen LogP contribution in [0.5, 0.6) is 0 Å². The number of Topliss-reactive ketones (excluding diaryl/α,β-unsaturated/α-hetero) is 1. The molecule has 1 fully saturated rings. The van der Waals surface area contributed by atoms with Crippen molar-refractivity contribution in [1.82, 2.24) is 4.31 Å². The number of esters is 1. The number of sulfonamides is 1. The van der Waals surface area contributed by atoms with E-state index >= 15 is 0 Å². The Kier molecular flexibility index (Phi) is 7.77. The molecule has 8 nitrogen and oxygen atoms in total. The molecule has 0 atom stereocenters. The highest BCUT2D eigenvalue weighted by molar-refractivity contribution is 7.89. The standard InChI is InChI=1S/C22H30N2O6S/c1-13-6-8-24(9-7-13)31(28,29)20-11-18(10-14(2)15(20)3)22(27)30-12-19(26)21(16(4)23)17(5)25/h10-11,13,23,26H,6-9,12H2,1-5H3/b21-19-,23-16?. The van der Waals surface area contributed by atoms with Crippen molar-refractivity contribution in [1.29, 1.82) is 5.41 Å². The second kappa shape index (κ2) is 9.74. The normalized spacial score (nSPS) is 16.5. The zero-order valence-electron chi connectivity index (χ0n) is 18.6. The summed E-state index contributed by atoms with van der Waals surface area (Å²) in [5.74, 6) is -1.39. The lowest BCUT2D eigenvalue weighted by molar-refractivity contribution is -0.113. The molecule has 1 aromatic rings. The van der Waals surface area contributed by atoms with Gasteiger partial charge < -0.3 is 15.3 Å². The van der Waals surface area contributed by atoms with Gasteiger partial charge in [0.1, 0.15) is 12.4 Å². The summed E-state index contributed by atoms with van der Waals surface area (Å²) in [6.07, 6.45) is 1.57. The molecule has 0 bridgehead atoms. The summed E-state index contributed by atoms with van der Waals surface area (Å²) < 4.78 is 33.0. The summed E-state index contributed by atoms with van der Waals surface area (Å²) in [5, 5.41) is 17.6. The van der Waals surface area contributed by atoms with E-state index in [9.17, 15) is 23.1 Å². The van der Waals surface area contributed by atoms with Crippen LogP contribution in [0.4, 0.5) is 0 Å². The van der Waals surface area contributed by atoms with E-state index in [0.29, 0.717) is 30.1 Å². The molecule has 0 aliphatic carbocycles. The average molecular weight is 451 g/mol. The predicted molar refractivity (Wildman–Crippen MR) is 117 cm³/mol. The van der Waals surface area contributed by atoms with Crippen LogP contribution in [-0.4, -0.2) is 55.0 Å². The first-order valence-electron chi connectivity index (χ1n) is 10.1. The highest BCUT2D eigenvalue weighted by Gasteiger charge is 2.30. The second-order valence-electron chi connectivity index (χ2n) is 8.08. The van der Waals surface area contributed by atoms with Gasteiger partial charge in [0.2, 0.25) is 10.0 Å². The van der Waals surface area contributed by atoms with Crippen molar-refractivity contribution < 1.29 is 27.9 Å². The van der Waals surface area contributed by atoms with Crippen LogP contribution in [0.2, 0.25) is 0 Å². The molecule has 1 aromatic carbocycles. The Hall–Kier alpha value is -2.52. The van der Waals surface area contributed by atoms with Crippen LogP contribution in [0.1, 0.15) is 55.1 Å². The summed E-state index contributed by atoms with van der Waals surface area (Å²) in [5.41, 5.74) is 0.872. The highest BCUT2D eigenvalue weighted by Crippen LogP contribution is 2.28. The lowest BCUT2D eigenvalue weighted by Gasteiger charge is -2.30. The Labute approximate surface area is 183 Å². The average Bonchev–Trinajstić information content (AvgIpc) is 2.67. The molecule has 0 spiro atoms. The first-order chi connectivity index (χ1) is 14.4. The number of carbonyl (C=O) groups is 2. The molecule has 1 aliphatic rings. The minimum Gasteiger partial charge on any atom is -0.508 e. The Balaban J connectivity index is 2.32. The number of aliphatic hydroxyl groups is 1. The zero-order chi connectivity index (χ0) is 23.5. The number of ketones is 1.